The smallest absolute Gasteiger partial charge is 0.233 e. The number of hydrogen-bond donors (Lipinski definition) is 0. The minimum Gasteiger partial charge on any atom is -0.489 e. The number of benzene rings is 2. The number of amides is 1. The van der Waals surface area contributed by atoms with Crippen molar-refractivity contribution >= 4 is 12.2 Å². The maximum atomic E-state index is 13.0. The largest absolute Gasteiger partial charge is 0.489 e. The van der Waals surface area contributed by atoms with Crippen molar-refractivity contribution in [2.75, 3.05) is 6.54 Å². The number of ether oxygens (including phenoxy) is 1. The molecule has 1 fully saturated rings. The van der Waals surface area contributed by atoms with Crippen LogP contribution in [0.5, 0.6) is 5.75 Å². The van der Waals surface area contributed by atoms with Crippen molar-refractivity contribution < 1.29 is 14.3 Å². The van der Waals surface area contributed by atoms with E-state index in [1.807, 2.05) is 61.5 Å². The van der Waals surface area contributed by atoms with Crippen molar-refractivity contribution in [2.24, 2.45) is 0 Å². The van der Waals surface area contributed by atoms with E-state index in [-0.39, 0.29) is 11.9 Å². The van der Waals surface area contributed by atoms with Gasteiger partial charge in [-0.15, -0.1) is 0 Å². The van der Waals surface area contributed by atoms with E-state index in [2.05, 4.69) is 0 Å². The summed E-state index contributed by atoms with van der Waals surface area (Å²) in [6.07, 6.45) is 2.52. The van der Waals surface area contributed by atoms with Crippen LogP contribution >= 0.6 is 0 Å². The topological polar surface area (TPSA) is 46.6 Å². The van der Waals surface area contributed by atoms with Gasteiger partial charge in [-0.1, -0.05) is 42.5 Å². The summed E-state index contributed by atoms with van der Waals surface area (Å²) < 4.78 is 5.83. The monoisotopic (exact) mass is 351 g/mol. The third-order valence-corrected chi connectivity index (χ3v) is 5.24. The van der Waals surface area contributed by atoms with Crippen LogP contribution < -0.4 is 4.74 Å². The Hall–Kier alpha value is -2.62. The molecule has 0 bridgehead atoms. The Kier molecular flexibility index (Phi) is 5.40. The Morgan fingerprint density at radius 3 is 2.50 bits per heavy atom. The Morgan fingerprint density at radius 2 is 1.85 bits per heavy atom. The molecular weight excluding hydrogens is 326 g/mol. The zero-order chi connectivity index (χ0) is 18.6. The van der Waals surface area contributed by atoms with E-state index in [0.717, 1.165) is 36.0 Å². The number of hydrogen-bond acceptors (Lipinski definition) is 3. The minimum atomic E-state index is -0.590. The van der Waals surface area contributed by atoms with Gasteiger partial charge in [0.25, 0.3) is 0 Å². The maximum Gasteiger partial charge on any atom is 0.233 e. The SMILES string of the molecule is CC(C=O)N1CCCC(C)(c2ccc(OCc3ccccc3)cc2)C1=O. The summed E-state index contributed by atoms with van der Waals surface area (Å²) in [6.45, 7) is 4.91. The summed E-state index contributed by atoms with van der Waals surface area (Å²) in [5.74, 6) is 0.809. The van der Waals surface area contributed by atoms with Crippen LogP contribution in [0, 0.1) is 0 Å². The molecule has 26 heavy (non-hydrogen) atoms. The molecule has 1 aliphatic heterocycles. The van der Waals surface area contributed by atoms with Crippen molar-refractivity contribution in [3.63, 3.8) is 0 Å². The number of aldehydes is 1. The summed E-state index contributed by atoms with van der Waals surface area (Å²) in [5, 5.41) is 0. The summed E-state index contributed by atoms with van der Waals surface area (Å²) in [4.78, 5) is 25.8. The summed E-state index contributed by atoms with van der Waals surface area (Å²) >= 11 is 0. The molecule has 2 aromatic carbocycles. The van der Waals surface area contributed by atoms with Gasteiger partial charge in [0.05, 0.1) is 11.5 Å². The molecule has 0 radical (unpaired) electrons. The van der Waals surface area contributed by atoms with E-state index in [1.165, 1.54) is 0 Å². The highest BCUT2D eigenvalue weighted by Crippen LogP contribution is 2.36. The fourth-order valence-corrected chi connectivity index (χ4v) is 3.52. The first-order valence-electron chi connectivity index (χ1n) is 9.08. The van der Waals surface area contributed by atoms with Gasteiger partial charge in [0.15, 0.2) is 0 Å². The van der Waals surface area contributed by atoms with Crippen molar-refractivity contribution in [3.05, 3.63) is 65.7 Å². The molecule has 2 atom stereocenters. The third kappa shape index (κ3) is 3.64. The van der Waals surface area contributed by atoms with E-state index in [4.69, 9.17) is 4.74 Å². The van der Waals surface area contributed by atoms with Gasteiger partial charge in [-0.2, -0.15) is 0 Å². The number of likely N-dealkylation sites (tertiary alicyclic amines) is 1. The molecule has 1 amide bonds. The first-order chi connectivity index (χ1) is 12.5. The zero-order valence-corrected chi connectivity index (χ0v) is 15.4. The van der Waals surface area contributed by atoms with Crippen LogP contribution in [-0.4, -0.2) is 29.7 Å². The van der Waals surface area contributed by atoms with Crippen molar-refractivity contribution in [2.45, 2.75) is 44.8 Å². The van der Waals surface area contributed by atoms with E-state index < -0.39 is 5.41 Å². The normalized spacial score (nSPS) is 21.3. The molecular formula is C22H25NO3. The van der Waals surface area contributed by atoms with Crippen molar-refractivity contribution in [1.82, 2.24) is 4.90 Å². The van der Waals surface area contributed by atoms with E-state index in [9.17, 15) is 9.59 Å². The summed E-state index contributed by atoms with van der Waals surface area (Å²) in [5.41, 5.74) is 1.50. The standard InChI is InChI=1S/C22H25NO3/c1-17(15-24)23-14-6-13-22(2,21(23)25)19-9-11-20(12-10-19)26-16-18-7-4-3-5-8-18/h3-5,7-12,15,17H,6,13-14,16H2,1-2H3. The van der Waals surface area contributed by atoms with E-state index in [0.29, 0.717) is 13.2 Å². The van der Waals surface area contributed by atoms with Crippen LogP contribution in [0.25, 0.3) is 0 Å². The molecule has 136 valence electrons. The van der Waals surface area contributed by atoms with Gasteiger partial charge >= 0.3 is 0 Å². The fourth-order valence-electron chi connectivity index (χ4n) is 3.52. The Morgan fingerprint density at radius 1 is 1.15 bits per heavy atom. The number of carbonyl (C=O) groups excluding carboxylic acids is 2. The van der Waals surface area contributed by atoms with Gasteiger partial charge in [-0.25, -0.2) is 0 Å². The van der Waals surface area contributed by atoms with Crippen LogP contribution in [0.1, 0.15) is 37.8 Å². The van der Waals surface area contributed by atoms with Crippen molar-refractivity contribution in [1.29, 1.82) is 0 Å². The number of carbonyl (C=O) groups is 2. The number of piperidine rings is 1. The molecule has 2 unspecified atom stereocenters. The van der Waals surface area contributed by atoms with Gasteiger partial charge < -0.3 is 14.4 Å². The highest BCUT2D eigenvalue weighted by atomic mass is 16.5. The Bertz CT molecular complexity index is 757. The lowest BCUT2D eigenvalue weighted by Gasteiger charge is -2.41. The first kappa shape index (κ1) is 18.2. The zero-order valence-electron chi connectivity index (χ0n) is 15.4. The molecule has 1 heterocycles. The van der Waals surface area contributed by atoms with Crippen LogP contribution in [0.4, 0.5) is 0 Å². The lowest BCUT2D eigenvalue weighted by molar-refractivity contribution is -0.144. The highest BCUT2D eigenvalue weighted by molar-refractivity contribution is 5.90. The van der Waals surface area contributed by atoms with Gasteiger partial charge in [0.2, 0.25) is 5.91 Å². The Balaban J connectivity index is 1.72. The lowest BCUT2D eigenvalue weighted by Crippen LogP contribution is -2.53. The van der Waals surface area contributed by atoms with Crippen LogP contribution in [-0.2, 0) is 21.6 Å². The molecule has 0 saturated carbocycles. The lowest BCUT2D eigenvalue weighted by atomic mass is 9.74. The fraction of sp³-hybridized carbons (Fsp3) is 0.364. The second-order valence-corrected chi connectivity index (χ2v) is 7.11. The predicted octanol–water partition coefficient (Wildman–Crippen LogP) is 3.73. The number of rotatable bonds is 6. The quantitative estimate of drug-likeness (QED) is 0.745. The average molecular weight is 351 g/mol. The first-order valence-corrected chi connectivity index (χ1v) is 9.08. The van der Waals surface area contributed by atoms with Gasteiger partial charge in [0.1, 0.15) is 18.6 Å². The van der Waals surface area contributed by atoms with Gasteiger partial charge in [-0.05, 0) is 49.9 Å². The summed E-state index contributed by atoms with van der Waals surface area (Å²) in [6, 6.07) is 17.4. The van der Waals surface area contributed by atoms with Crippen LogP contribution in [0.2, 0.25) is 0 Å². The van der Waals surface area contributed by atoms with E-state index in [1.54, 1.807) is 11.8 Å². The van der Waals surface area contributed by atoms with Gasteiger partial charge in [-0.3, -0.25) is 4.79 Å². The molecule has 4 heteroatoms. The van der Waals surface area contributed by atoms with Crippen molar-refractivity contribution in [3.8, 4) is 5.75 Å². The molecule has 1 aliphatic rings. The Labute approximate surface area is 154 Å². The van der Waals surface area contributed by atoms with Crippen LogP contribution in [0.3, 0.4) is 0 Å². The second kappa shape index (κ2) is 7.73. The molecule has 0 spiro atoms. The molecule has 0 N–H and O–H groups in total. The predicted molar refractivity (Wildman–Crippen MR) is 101 cm³/mol. The summed E-state index contributed by atoms with van der Waals surface area (Å²) in [7, 11) is 0. The molecule has 1 saturated heterocycles. The highest BCUT2D eigenvalue weighted by Gasteiger charge is 2.42. The number of nitrogens with zero attached hydrogens (tertiary/aromatic N) is 1. The minimum absolute atomic E-state index is 0.0290. The maximum absolute atomic E-state index is 13.0. The molecule has 0 aromatic heterocycles. The van der Waals surface area contributed by atoms with Crippen LogP contribution in [0.15, 0.2) is 54.6 Å². The third-order valence-electron chi connectivity index (χ3n) is 5.24. The molecule has 2 aromatic rings. The van der Waals surface area contributed by atoms with E-state index >= 15 is 0 Å². The molecule has 4 nitrogen and oxygen atoms in total. The molecule has 3 rings (SSSR count). The molecule has 0 aliphatic carbocycles. The second-order valence-electron chi connectivity index (χ2n) is 7.11. The van der Waals surface area contributed by atoms with Gasteiger partial charge in [0, 0.05) is 6.54 Å². The average Bonchev–Trinajstić information content (AvgIpc) is 2.69.